The van der Waals surface area contributed by atoms with E-state index in [1.54, 1.807) is 13.4 Å². The summed E-state index contributed by atoms with van der Waals surface area (Å²) in [6.07, 6.45) is 48.3. The van der Waals surface area contributed by atoms with Crippen LogP contribution in [-0.4, -0.2) is 39.2 Å². The third kappa shape index (κ3) is 36.4. The van der Waals surface area contributed by atoms with E-state index in [0.717, 1.165) is 38.5 Å². The molecule has 0 radical (unpaired) electrons. The second-order valence-electron chi connectivity index (χ2n) is 12.3. The number of hydrogen-bond acceptors (Lipinski definition) is 5. The number of carbonyl (C=O) groups excluding carboxylic acids is 1. The average molecular weight is 645 g/mol. The van der Waals surface area contributed by atoms with Gasteiger partial charge in [0, 0.05) is 13.5 Å². The number of unbranched alkanes of at least 4 members (excludes halogenated alkanes) is 16. The second-order valence-corrected chi connectivity index (χ2v) is 12.3. The minimum absolute atomic E-state index is 0.162. The molecule has 0 fully saturated rings. The molecule has 1 atom stereocenters. The molecule has 5 heteroatoms. The van der Waals surface area contributed by atoms with E-state index >= 15 is 0 Å². The van der Waals surface area contributed by atoms with E-state index in [2.05, 4.69) is 68.5 Å². The lowest BCUT2D eigenvalue weighted by Crippen LogP contribution is -2.28. The Morgan fingerprint density at radius 2 is 1.00 bits per heavy atom. The molecule has 0 unspecified atom stereocenters. The quantitative estimate of drug-likeness (QED) is 0.0226. The van der Waals surface area contributed by atoms with Crippen molar-refractivity contribution in [1.29, 1.82) is 0 Å². The van der Waals surface area contributed by atoms with E-state index in [-0.39, 0.29) is 26.0 Å². The van der Waals surface area contributed by atoms with Gasteiger partial charge >= 0.3 is 5.97 Å². The molecular formula is C41H72O5. The number of ether oxygens (including phenoxy) is 4. The van der Waals surface area contributed by atoms with Gasteiger partial charge in [-0.25, -0.2) is 0 Å². The van der Waals surface area contributed by atoms with E-state index < -0.39 is 6.10 Å². The van der Waals surface area contributed by atoms with Crippen LogP contribution < -0.4 is 0 Å². The molecule has 0 aromatic carbocycles. The summed E-state index contributed by atoms with van der Waals surface area (Å²) in [6, 6.07) is 0. The van der Waals surface area contributed by atoms with Crippen molar-refractivity contribution >= 4 is 5.97 Å². The molecule has 0 aromatic rings. The first-order valence-corrected chi connectivity index (χ1v) is 18.9. The molecule has 0 heterocycles. The predicted molar refractivity (Wildman–Crippen MR) is 197 cm³/mol. The fraction of sp³-hybridized carbons (Fsp3) is 0.732. The van der Waals surface area contributed by atoms with E-state index in [1.165, 1.54) is 103 Å². The molecule has 0 spiro atoms. The van der Waals surface area contributed by atoms with Crippen molar-refractivity contribution in [3.63, 3.8) is 0 Å². The molecule has 0 rings (SSSR count). The highest BCUT2D eigenvalue weighted by Crippen LogP contribution is 2.13. The van der Waals surface area contributed by atoms with Gasteiger partial charge in [0.25, 0.3) is 0 Å². The summed E-state index contributed by atoms with van der Waals surface area (Å²) >= 11 is 0. The summed E-state index contributed by atoms with van der Waals surface area (Å²) < 4.78 is 21.7. The van der Waals surface area contributed by atoms with E-state index in [1.807, 2.05) is 0 Å². The van der Waals surface area contributed by atoms with Crippen LogP contribution in [0.1, 0.15) is 162 Å². The Kier molecular flexibility index (Phi) is 37.3. The summed E-state index contributed by atoms with van der Waals surface area (Å²) in [5.74, 6) is -0.217. The molecule has 0 bridgehead atoms. The maximum atomic E-state index is 12.4. The Labute approximate surface area is 285 Å². The van der Waals surface area contributed by atoms with Crippen LogP contribution >= 0.6 is 0 Å². The van der Waals surface area contributed by atoms with Gasteiger partial charge in [0.05, 0.1) is 12.9 Å². The normalized spacial score (nSPS) is 12.9. The van der Waals surface area contributed by atoms with E-state index in [4.69, 9.17) is 18.9 Å². The fourth-order valence-corrected chi connectivity index (χ4v) is 4.95. The molecule has 0 saturated heterocycles. The Morgan fingerprint density at radius 3 is 1.57 bits per heavy atom. The van der Waals surface area contributed by atoms with Crippen LogP contribution in [0.4, 0.5) is 0 Å². The van der Waals surface area contributed by atoms with Crippen molar-refractivity contribution in [3.05, 3.63) is 60.9 Å². The van der Waals surface area contributed by atoms with Crippen LogP contribution in [0, 0.1) is 0 Å². The first-order chi connectivity index (χ1) is 22.7. The van der Waals surface area contributed by atoms with Gasteiger partial charge in [-0.3, -0.25) is 4.79 Å². The lowest BCUT2D eigenvalue weighted by atomic mass is 10.0. The maximum absolute atomic E-state index is 12.4. The summed E-state index contributed by atoms with van der Waals surface area (Å²) in [4.78, 5) is 12.4. The number of esters is 1. The molecule has 0 aliphatic carbocycles. The predicted octanol–water partition coefficient (Wildman–Crippen LogP) is 12.3. The molecule has 266 valence electrons. The van der Waals surface area contributed by atoms with Crippen LogP contribution in [0.15, 0.2) is 60.9 Å². The summed E-state index contributed by atoms with van der Waals surface area (Å²) in [6.45, 7) is 5.21. The van der Waals surface area contributed by atoms with Gasteiger partial charge in [-0.15, -0.1) is 0 Å². The van der Waals surface area contributed by atoms with Crippen molar-refractivity contribution in [3.8, 4) is 0 Å². The maximum Gasteiger partial charge on any atom is 0.306 e. The average Bonchev–Trinajstić information content (AvgIpc) is 3.06. The Balaban J connectivity index is 3.90. The van der Waals surface area contributed by atoms with Crippen LogP contribution in [-0.2, 0) is 23.7 Å². The summed E-state index contributed by atoms with van der Waals surface area (Å²) in [5.41, 5.74) is 0. The van der Waals surface area contributed by atoms with Crippen molar-refractivity contribution in [2.75, 3.05) is 27.1 Å². The van der Waals surface area contributed by atoms with Gasteiger partial charge < -0.3 is 18.9 Å². The molecule has 0 amide bonds. The third-order valence-corrected chi connectivity index (χ3v) is 7.71. The number of carbonyl (C=O) groups is 1. The Hall–Kier alpha value is -2.11. The molecule has 0 aliphatic heterocycles. The minimum atomic E-state index is -0.449. The lowest BCUT2D eigenvalue weighted by Gasteiger charge is -2.17. The Morgan fingerprint density at radius 1 is 0.543 bits per heavy atom. The molecule has 0 N–H and O–H groups in total. The molecule has 0 saturated carbocycles. The van der Waals surface area contributed by atoms with E-state index in [9.17, 15) is 4.79 Å². The smallest absolute Gasteiger partial charge is 0.306 e. The van der Waals surface area contributed by atoms with Crippen molar-refractivity contribution in [2.24, 2.45) is 0 Å². The first kappa shape index (κ1) is 43.9. The van der Waals surface area contributed by atoms with Gasteiger partial charge in [-0.1, -0.05) is 146 Å². The number of methoxy groups -OCH3 is 1. The first-order valence-electron chi connectivity index (χ1n) is 18.9. The van der Waals surface area contributed by atoms with Crippen LogP contribution in [0.3, 0.4) is 0 Å². The highest BCUT2D eigenvalue weighted by atomic mass is 16.7. The van der Waals surface area contributed by atoms with Gasteiger partial charge in [0.1, 0.15) is 13.4 Å². The SMILES string of the molecule is CCCCC/C=C\C/C=C\C/C=C\C/C=C\CCCC(=O)O[C@H](CO/C=C\CCCCCCCCCCCCCC)COCOC. The lowest BCUT2D eigenvalue weighted by molar-refractivity contribution is -0.158. The zero-order valence-corrected chi connectivity index (χ0v) is 30.3. The van der Waals surface area contributed by atoms with Crippen LogP contribution in [0.2, 0.25) is 0 Å². The minimum Gasteiger partial charge on any atom is -0.498 e. The van der Waals surface area contributed by atoms with Gasteiger partial charge in [-0.05, 0) is 63.9 Å². The second kappa shape index (κ2) is 39.1. The third-order valence-electron chi connectivity index (χ3n) is 7.71. The summed E-state index contributed by atoms with van der Waals surface area (Å²) in [5, 5.41) is 0. The largest absolute Gasteiger partial charge is 0.498 e. The molecular weight excluding hydrogens is 572 g/mol. The van der Waals surface area contributed by atoms with Gasteiger partial charge in [0.15, 0.2) is 6.10 Å². The molecule has 0 aromatic heterocycles. The van der Waals surface area contributed by atoms with Crippen molar-refractivity contribution in [1.82, 2.24) is 0 Å². The van der Waals surface area contributed by atoms with Gasteiger partial charge in [0.2, 0.25) is 0 Å². The highest BCUT2D eigenvalue weighted by molar-refractivity contribution is 5.69. The van der Waals surface area contributed by atoms with Crippen molar-refractivity contribution in [2.45, 2.75) is 168 Å². The van der Waals surface area contributed by atoms with Gasteiger partial charge in [-0.2, -0.15) is 0 Å². The number of rotatable bonds is 35. The zero-order valence-electron chi connectivity index (χ0n) is 30.3. The standard InChI is InChI=1S/C41H72O5/c1-4-6-8-10-12-14-16-18-20-21-22-23-25-27-29-31-33-35-41(42)46-40(38-45-39-43-3)37-44-36-34-32-30-28-26-24-19-17-15-13-11-9-7-5-2/h12,14,18,20,22-23,27,29,34,36,40H,4-11,13,15-17,19,21,24-26,28,30-33,35,37-39H2,1-3H3/b14-12-,20-18-,23-22-,29-27-,36-34-/t40-/m1/s1. The topological polar surface area (TPSA) is 54.0 Å². The van der Waals surface area contributed by atoms with E-state index in [0.29, 0.717) is 6.42 Å². The molecule has 46 heavy (non-hydrogen) atoms. The van der Waals surface area contributed by atoms with Crippen LogP contribution in [0.5, 0.6) is 0 Å². The molecule has 5 nitrogen and oxygen atoms in total. The fourth-order valence-electron chi connectivity index (χ4n) is 4.95. The number of allylic oxidation sites excluding steroid dienone is 9. The van der Waals surface area contributed by atoms with Crippen LogP contribution in [0.25, 0.3) is 0 Å². The van der Waals surface area contributed by atoms with Crippen molar-refractivity contribution < 1.29 is 23.7 Å². The molecule has 0 aliphatic rings. The summed E-state index contributed by atoms with van der Waals surface area (Å²) in [7, 11) is 1.58. The monoisotopic (exact) mass is 645 g/mol. The highest BCUT2D eigenvalue weighted by Gasteiger charge is 2.15. The Bertz CT molecular complexity index is 767. The number of hydrogen-bond donors (Lipinski definition) is 0. The zero-order chi connectivity index (χ0) is 33.4.